The normalized spacial score (nSPS) is 9.64. The molecule has 0 atom stereocenters. The van der Waals surface area contributed by atoms with Gasteiger partial charge in [-0.2, -0.15) is 0 Å². The molecule has 3 heteroatoms. The molecule has 0 aliphatic heterocycles. The maximum atomic E-state index is 10.9. The summed E-state index contributed by atoms with van der Waals surface area (Å²) in [7, 11) is 0. The third-order valence-electron chi connectivity index (χ3n) is 1.89. The van der Waals surface area contributed by atoms with Crippen molar-refractivity contribution in [1.82, 2.24) is 0 Å². The number of amides is 1. The highest BCUT2D eigenvalue weighted by atomic mass is 16.5. The molecule has 0 heterocycles. The second-order valence-electron chi connectivity index (χ2n) is 3.04. The summed E-state index contributed by atoms with van der Waals surface area (Å²) in [6, 6.07) is 5.62. The fraction of sp³-hybridized carbons (Fsp3) is 0.364. The maximum Gasteiger partial charge on any atom is 0.221 e. The van der Waals surface area contributed by atoms with Crippen molar-refractivity contribution in [3.05, 3.63) is 23.8 Å². The molecule has 0 unspecified atom stereocenters. The van der Waals surface area contributed by atoms with Gasteiger partial charge in [-0.05, 0) is 26.0 Å². The van der Waals surface area contributed by atoms with Crippen molar-refractivity contribution in [2.45, 2.75) is 20.8 Å². The Morgan fingerprint density at radius 2 is 2.21 bits per heavy atom. The largest absolute Gasteiger partial charge is 0.494 e. The van der Waals surface area contributed by atoms with Crippen LogP contribution in [0.5, 0.6) is 5.75 Å². The lowest BCUT2D eigenvalue weighted by atomic mass is 10.2. The maximum absolute atomic E-state index is 10.9. The van der Waals surface area contributed by atoms with Crippen molar-refractivity contribution in [2.75, 3.05) is 11.9 Å². The molecule has 1 aromatic rings. The van der Waals surface area contributed by atoms with Crippen LogP contribution in [0.4, 0.5) is 5.69 Å². The van der Waals surface area contributed by atoms with E-state index in [1.165, 1.54) is 6.92 Å². The predicted molar refractivity (Wildman–Crippen MR) is 56.7 cm³/mol. The average Bonchev–Trinajstić information content (AvgIpc) is 2.11. The van der Waals surface area contributed by atoms with Gasteiger partial charge in [0.15, 0.2) is 0 Å². The lowest BCUT2D eigenvalue weighted by molar-refractivity contribution is -0.114. The van der Waals surface area contributed by atoms with Crippen molar-refractivity contribution in [3.63, 3.8) is 0 Å². The summed E-state index contributed by atoms with van der Waals surface area (Å²) in [4.78, 5) is 10.9. The van der Waals surface area contributed by atoms with Crippen LogP contribution in [-0.2, 0) is 4.79 Å². The number of hydrogen-bond donors (Lipinski definition) is 1. The molecule has 3 nitrogen and oxygen atoms in total. The van der Waals surface area contributed by atoms with Crippen LogP contribution in [0, 0.1) is 6.92 Å². The Hall–Kier alpha value is -1.51. The lowest BCUT2D eigenvalue weighted by Gasteiger charge is -2.11. The molecule has 14 heavy (non-hydrogen) atoms. The topological polar surface area (TPSA) is 38.3 Å². The molecule has 1 amide bonds. The van der Waals surface area contributed by atoms with Gasteiger partial charge in [-0.1, -0.05) is 6.07 Å². The fourth-order valence-electron chi connectivity index (χ4n) is 1.25. The molecule has 1 aromatic carbocycles. The SMILES string of the molecule is CCOc1cccc(NC(C)=O)c1C. The molecule has 0 radical (unpaired) electrons. The van der Waals surface area contributed by atoms with Gasteiger partial charge in [0.05, 0.1) is 6.61 Å². The van der Waals surface area contributed by atoms with Gasteiger partial charge < -0.3 is 10.1 Å². The Bertz CT molecular complexity index is 334. The highest BCUT2D eigenvalue weighted by Crippen LogP contribution is 2.25. The summed E-state index contributed by atoms with van der Waals surface area (Å²) in [5.74, 6) is 0.750. The molecular weight excluding hydrogens is 178 g/mol. The van der Waals surface area contributed by atoms with E-state index in [0.717, 1.165) is 17.0 Å². The molecule has 1 rings (SSSR count). The zero-order chi connectivity index (χ0) is 10.6. The molecule has 0 aromatic heterocycles. The van der Waals surface area contributed by atoms with E-state index in [4.69, 9.17) is 4.74 Å². The van der Waals surface area contributed by atoms with Gasteiger partial charge in [-0.15, -0.1) is 0 Å². The lowest BCUT2D eigenvalue weighted by Crippen LogP contribution is -2.07. The van der Waals surface area contributed by atoms with E-state index in [1.807, 2.05) is 32.0 Å². The monoisotopic (exact) mass is 193 g/mol. The summed E-state index contributed by atoms with van der Waals surface area (Å²) in [5.41, 5.74) is 1.77. The van der Waals surface area contributed by atoms with E-state index in [2.05, 4.69) is 5.32 Å². The number of hydrogen-bond acceptors (Lipinski definition) is 2. The Balaban J connectivity index is 2.94. The number of benzene rings is 1. The van der Waals surface area contributed by atoms with E-state index < -0.39 is 0 Å². The Kier molecular flexibility index (Phi) is 3.51. The van der Waals surface area contributed by atoms with Crippen LogP contribution >= 0.6 is 0 Å². The quantitative estimate of drug-likeness (QED) is 0.800. The van der Waals surface area contributed by atoms with Crippen molar-refractivity contribution < 1.29 is 9.53 Å². The van der Waals surface area contributed by atoms with Gasteiger partial charge in [0, 0.05) is 18.2 Å². The van der Waals surface area contributed by atoms with Crippen molar-refractivity contribution >= 4 is 11.6 Å². The average molecular weight is 193 g/mol. The predicted octanol–water partition coefficient (Wildman–Crippen LogP) is 2.35. The van der Waals surface area contributed by atoms with Crippen LogP contribution in [-0.4, -0.2) is 12.5 Å². The van der Waals surface area contributed by atoms with Crippen LogP contribution in [0.3, 0.4) is 0 Å². The number of carbonyl (C=O) groups excluding carboxylic acids is 1. The molecular formula is C11H15NO2. The Morgan fingerprint density at radius 3 is 2.79 bits per heavy atom. The fourth-order valence-corrected chi connectivity index (χ4v) is 1.25. The van der Waals surface area contributed by atoms with Crippen LogP contribution in [0.25, 0.3) is 0 Å². The van der Waals surface area contributed by atoms with Crippen LogP contribution in [0.1, 0.15) is 19.4 Å². The summed E-state index contributed by atoms with van der Waals surface area (Å²) < 4.78 is 5.41. The van der Waals surface area contributed by atoms with Crippen molar-refractivity contribution in [1.29, 1.82) is 0 Å². The highest BCUT2D eigenvalue weighted by molar-refractivity contribution is 5.89. The van der Waals surface area contributed by atoms with Crippen LogP contribution < -0.4 is 10.1 Å². The summed E-state index contributed by atoms with van der Waals surface area (Å²) >= 11 is 0. The molecule has 0 bridgehead atoms. The minimum atomic E-state index is -0.0678. The number of anilines is 1. The Labute approximate surface area is 84.1 Å². The first kappa shape index (κ1) is 10.6. The number of nitrogens with one attached hydrogen (secondary N) is 1. The first-order valence-electron chi connectivity index (χ1n) is 4.65. The van der Waals surface area contributed by atoms with E-state index in [9.17, 15) is 4.79 Å². The van der Waals surface area contributed by atoms with Gasteiger partial charge in [0.25, 0.3) is 0 Å². The number of carbonyl (C=O) groups is 1. The van der Waals surface area contributed by atoms with E-state index in [1.54, 1.807) is 0 Å². The minimum Gasteiger partial charge on any atom is -0.494 e. The first-order chi connectivity index (χ1) is 6.65. The van der Waals surface area contributed by atoms with Crippen LogP contribution in [0.15, 0.2) is 18.2 Å². The number of rotatable bonds is 3. The minimum absolute atomic E-state index is 0.0678. The molecule has 0 aliphatic rings. The van der Waals surface area contributed by atoms with Gasteiger partial charge in [0.2, 0.25) is 5.91 Å². The molecule has 1 N–H and O–H groups in total. The van der Waals surface area contributed by atoms with Crippen molar-refractivity contribution in [3.8, 4) is 5.75 Å². The second kappa shape index (κ2) is 4.65. The molecule has 0 spiro atoms. The highest BCUT2D eigenvalue weighted by Gasteiger charge is 2.04. The van der Waals surface area contributed by atoms with Gasteiger partial charge in [-0.3, -0.25) is 4.79 Å². The molecule has 76 valence electrons. The standard InChI is InChI=1S/C11H15NO2/c1-4-14-11-7-5-6-10(8(11)2)12-9(3)13/h5-7H,4H2,1-3H3,(H,12,13). The molecule has 0 saturated heterocycles. The van der Waals surface area contributed by atoms with Gasteiger partial charge >= 0.3 is 0 Å². The smallest absolute Gasteiger partial charge is 0.221 e. The zero-order valence-electron chi connectivity index (χ0n) is 8.76. The van der Waals surface area contributed by atoms with E-state index in [0.29, 0.717) is 6.61 Å². The summed E-state index contributed by atoms with van der Waals surface area (Å²) in [6.45, 7) is 5.98. The molecule has 0 fully saturated rings. The van der Waals surface area contributed by atoms with Gasteiger partial charge in [0.1, 0.15) is 5.75 Å². The third kappa shape index (κ3) is 2.49. The van der Waals surface area contributed by atoms with E-state index in [-0.39, 0.29) is 5.91 Å². The zero-order valence-corrected chi connectivity index (χ0v) is 8.76. The van der Waals surface area contributed by atoms with Crippen LogP contribution in [0.2, 0.25) is 0 Å². The number of ether oxygens (including phenoxy) is 1. The summed E-state index contributed by atoms with van der Waals surface area (Å²) in [6.07, 6.45) is 0. The Morgan fingerprint density at radius 1 is 1.50 bits per heavy atom. The molecule has 0 aliphatic carbocycles. The molecule has 0 saturated carbocycles. The second-order valence-corrected chi connectivity index (χ2v) is 3.04. The first-order valence-corrected chi connectivity index (χ1v) is 4.65. The van der Waals surface area contributed by atoms with Crippen molar-refractivity contribution in [2.24, 2.45) is 0 Å². The third-order valence-corrected chi connectivity index (χ3v) is 1.89. The van der Waals surface area contributed by atoms with Gasteiger partial charge in [-0.25, -0.2) is 0 Å². The summed E-state index contributed by atoms with van der Waals surface area (Å²) in [5, 5.41) is 2.75. The van der Waals surface area contributed by atoms with E-state index >= 15 is 0 Å².